The summed E-state index contributed by atoms with van der Waals surface area (Å²) in [7, 11) is 1.93. The quantitative estimate of drug-likeness (QED) is 0.613. The van der Waals surface area contributed by atoms with Crippen molar-refractivity contribution in [2.45, 2.75) is 33.2 Å². The molecule has 0 unspecified atom stereocenters. The van der Waals surface area contributed by atoms with Crippen LogP contribution in [0.2, 0.25) is 0 Å². The van der Waals surface area contributed by atoms with Gasteiger partial charge < -0.3 is 14.8 Å². The predicted octanol–water partition coefficient (Wildman–Crippen LogP) is 3.72. The van der Waals surface area contributed by atoms with Crippen LogP contribution in [-0.4, -0.2) is 28.0 Å². The number of hydrogen-bond donors (Lipinski definition) is 2. The molecule has 2 heterocycles. The number of hydrogen-bond acceptors (Lipinski definition) is 4. The average Bonchev–Trinajstić information content (AvgIpc) is 3.17. The van der Waals surface area contributed by atoms with Crippen LogP contribution in [0.4, 0.5) is 0 Å². The Bertz CT molecular complexity index is 799. The third-order valence-electron chi connectivity index (χ3n) is 4.51. The summed E-state index contributed by atoms with van der Waals surface area (Å²) in [5, 5.41) is 18.5. The molecular formula is C20H27N3O2. The van der Waals surface area contributed by atoms with Gasteiger partial charge in [-0.25, -0.2) is 0 Å². The fourth-order valence-corrected chi connectivity index (χ4v) is 2.97. The van der Waals surface area contributed by atoms with Crippen molar-refractivity contribution in [3.05, 3.63) is 42.1 Å². The number of aliphatic hydroxyl groups is 1. The predicted molar refractivity (Wildman–Crippen MR) is 100 cm³/mol. The molecule has 0 fully saturated rings. The molecular weight excluding hydrogens is 314 g/mol. The Morgan fingerprint density at radius 1 is 1.28 bits per heavy atom. The van der Waals surface area contributed by atoms with E-state index in [-0.39, 0.29) is 12.0 Å². The number of benzene rings is 1. The fraction of sp³-hybridized carbons (Fsp3) is 0.450. The van der Waals surface area contributed by atoms with Gasteiger partial charge in [0, 0.05) is 37.3 Å². The van der Waals surface area contributed by atoms with Gasteiger partial charge in [-0.05, 0) is 36.9 Å². The minimum absolute atomic E-state index is 0.00455. The van der Waals surface area contributed by atoms with Gasteiger partial charge in [-0.2, -0.15) is 5.10 Å². The summed E-state index contributed by atoms with van der Waals surface area (Å²) in [5.74, 6) is 0.806. The Hall–Kier alpha value is -2.11. The second-order valence-corrected chi connectivity index (χ2v) is 7.43. The van der Waals surface area contributed by atoms with Crippen molar-refractivity contribution >= 4 is 11.0 Å². The fourth-order valence-electron chi connectivity index (χ4n) is 2.97. The van der Waals surface area contributed by atoms with Crippen LogP contribution in [0.25, 0.3) is 22.4 Å². The van der Waals surface area contributed by atoms with Gasteiger partial charge in [0.05, 0.1) is 0 Å². The summed E-state index contributed by atoms with van der Waals surface area (Å²) >= 11 is 0. The molecule has 0 saturated heterocycles. The van der Waals surface area contributed by atoms with E-state index >= 15 is 0 Å². The van der Waals surface area contributed by atoms with E-state index in [4.69, 9.17) is 4.42 Å². The number of aryl methyl sites for hydroxylation is 1. The second-order valence-electron chi connectivity index (χ2n) is 7.43. The zero-order valence-corrected chi connectivity index (χ0v) is 15.2. The number of aliphatic hydroxyl groups excluding tert-OH is 1. The van der Waals surface area contributed by atoms with Gasteiger partial charge in [-0.1, -0.05) is 32.0 Å². The molecule has 25 heavy (non-hydrogen) atoms. The molecule has 2 N–H and O–H groups in total. The molecule has 0 aliphatic carbocycles. The molecule has 0 aliphatic heterocycles. The van der Waals surface area contributed by atoms with Crippen molar-refractivity contribution in [3.8, 4) is 11.5 Å². The lowest BCUT2D eigenvalue weighted by atomic mass is 9.89. The van der Waals surface area contributed by atoms with Crippen LogP contribution in [0.3, 0.4) is 0 Å². The van der Waals surface area contributed by atoms with Gasteiger partial charge in [-0.3, -0.25) is 4.68 Å². The van der Waals surface area contributed by atoms with Gasteiger partial charge >= 0.3 is 0 Å². The number of nitrogens with one attached hydrogen (secondary N) is 1. The number of aromatic nitrogens is 2. The highest BCUT2D eigenvalue weighted by Crippen LogP contribution is 2.29. The smallest absolute Gasteiger partial charge is 0.156 e. The maximum Gasteiger partial charge on any atom is 0.156 e. The lowest BCUT2D eigenvalue weighted by Crippen LogP contribution is -2.21. The molecule has 134 valence electrons. The standard InChI is InChI=1S/C20H27N3O2/c1-20(2,14-24)9-6-10-21-12-16-13-23(3)22-19(16)18-11-15-7-4-5-8-17(15)25-18/h4-5,7-8,11,13,21,24H,6,9-10,12,14H2,1-3H3. The Labute approximate surface area is 148 Å². The maximum absolute atomic E-state index is 9.31. The highest BCUT2D eigenvalue weighted by atomic mass is 16.3. The molecule has 0 radical (unpaired) electrons. The highest BCUT2D eigenvalue weighted by Gasteiger charge is 2.16. The summed E-state index contributed by atoms with van der Waals surface area (Å²) in [6.07, 6.45) is 4.07. The number of para-hydroxylation sites is 1. The van der Waals surface area contributed by atoms with Crippen LogP contribution in [0.1, 0.15) is 32.3 Å². The molecule has 0 amide bonds. The Balaban J connectivity index is 1.65. The molecule has 2 aromatic heterocycles. The Morgan fingerprint density at radius 2 is 2.08 bits per heavy atom. The minimum atomic E-state index is -0.00455. The van der Waals surface area contributed by atoms with E-state index in [1.807, 2.05) is 48.3 Å². The SMILES string of the molecule is Cn1cc(CNCCCC(C)(C)CO)c(-c2cc3ccccc3o2)n1. The van der Waals surface area contributed by atoms with Crippen molar-refractivity contribution in [3.63, 3.8) is 0 Å². The monoisotopic (exact) mass is 341 g/mol. The summed E-state index contributed by atoms with van der Waals surface area (Å²) < 4.78 is 7.79. The normalized spacial score (nSPS) is 12.2. The van der Waals surface area contributed by atoms with Crippen LogP contribution in [0, 0.1) is 5.41 Å². The van der Waals surface area contributed by atoms with Crippen molar-refractivity contribution in [1.82, 2.24) is 15.1 Å². The highest BCUT2D eigenvalue weighted by molar-refractivity contribution is 5.82. The second kappa shape index (κ2) is 7.42. The van der Waals surface area contributed by atoms with E-state index in [1.165, 1.54) is 0 Å². The van der Waals surface area contributed by atoms with Gasteiger partial charge in [0.15, 0.2) is 5.76 Å². The van der Waals surface area contributed by atoms with Gasteiger partial charge in [0.2, 0.25) is 0 Å². The van der Waals surface area contributed by atoms with Crippen molar-refractivity contribution in [1.29, 1.82) is 0 Å². The van der Waals surface area contributed by atoms with E-state index in [0.29, 0.717) is 0 Å². The lowest BCUT2D eigenvalue weighted by Gasteiger charge is -2.21. The number of furan rings is 1. The van der Waals surface area contributed by atoms with Crippen LogP contribution in [0.15, 0.2) is 40.9 Å². The largest absolute Gasteiger partial charge is 0.454 e. The Morgan fingerprint density at radius 3 is 2.84 bits per heavy atom. The maximum atomic E-state index is 9.31. The summed E-state index contributed by atoms with van der Waals surface area (Å²) in [4.78, 5) is 0. The zero-order chi connectivity index (χ0) is 17.9. The molecule has 0 spiro atoms. The van der Waals surface area contributed by atoms with Crippen LogP contribution in [0.5, 0.6) is 0 Å². The first-order chi connectivity index (χ1) is 12.0. The van der Waals surface area contributed by atoms with E-state index in [0.717, 1.165) is 53.9 Å². The van der Waals surface area contributed by atoms with Crippen molar-refractivity contribution in [2.75, 3.05) is 13.2 Å². The van der Waals surface area contributed by atoms with Crippen molar-refractivity contribution < 1.29 is 9.52 Å². The molecule has 0 atom stereocenters. The molecule has 5 nitrogen and oxygen atoms in total. The topological polar surface area (TPSA) is 63.2 Å². The zero-order valence-electron chi connectivity index (χ0n) is 15.2. The summed E-state index contributed by atoms with van der Waals surface area (Å²) in [6.45, 7) is 6.07. The van der Waals surface area contributed by atoms with E-state index < -0.39 is 0 Å². The molecule has 1 aromatic carbocycles. The molecule has 3 rings (SSSR count). The van der Waals surface area contributed by atoms with E-state index in [1.54, 1.807) is 0 Å². The first-order valence-corrected chi connectivity index (χ1v) is 8.81. The average molecular weight is 341 g/mol. The van der Waals surface area contributed by atoms with Crippen LogP contribution >= 0.6 is 0 Å². The van der Waals surface area contributed by atoms with Gasteiger partial charge in [0.1, 0.15) is 11.3 Å². The van der Waals surface area contributed by atoms with Crippen LogP contribution < -0.4 is 5.32 Å². The minimum Gasteiger partial charge on any atom is -0.454 e. The first kappa shape index (κ1) is 17.7. The number of fused-ring (bicyclic) bond motifs is 1. The van der Waals surface area contributed by atoms with E-state index in [2.05, 4.69) is 24.3 Å². The van der Waals surface area contributed by atoms with Gasteiger partial charge in [0.25, 0.3) is 0 Å². The molecule has 0 aliphatic rings. The van der Waals surface area contributed by atoms with Gasteiger partial charge in [-0.15, -0.1) is 0 Å². The molecule has 5 heteroatoms. The number of nitrogens with zero attached hydrogens (tertiary/aromatic N) is 2. The molecule has 3 aromatic rings. The number of rotatable bonds is 8. The van der Waals surface area contributed by atoms with Crippen LogP contribution in [-0.2, 0) is 13.6 Å². The molecule has 0 bridgehead atoms. The third kappa shape index (κ3) is 4.30. The summed E-state index contributed by atoms with van der Waals surface area (Å²) in [6, 6.07) is 10.1. The first-order valence-electron chi connectivity index (χ1n) is 8.81. The van der Waals surface area contributed by atoms with E-state index in [9.17, 15) is 5.11 Å². The Kier molecular flexibility index (Phi) is 5.25. The lowest BCUT2D eigenvalue weighted by molar-refractivity contribution is 0.148. The third-order valence-corrected chi connectivity index (χ3v) is 4.51. The molecule has 0 saturated carbocycles. The summed E-state index contributed by atoms with van der Waals surface area (Å²) in [5.41, 5.74) is 2.90. The van der Waals surface area contributed by atoms with Crippen molar-refractivity contribution in [2.24, 2.45) is 12.5 Å².